The van der Waals surface area contributed by atoms with Crippen LogP contribution in [0.1, 0.15) is 10.4 Å². The maximum Gasteiger partial charge on any atom is 0.254 e. The second kappa shape index (κ2) is 10.6. The highest BCUT2D eigenvalue weighted by Crippen LogP contribution is 2.38. The number of ether oxygens (including phenoxy) is 1. The summed E-state index contributed by atoms with van der Waals surface area (Å²) in [7, 11) is -0.982. The zero-order valence-electron chi connectivity index (χ0n) is 19.8. The van der Waals surface area contributed by atoms with Gasteiger partial charge in [0.25, 0.3) is 5.91 Å². The summed E-state index contributed by atoms with van der Waals surface area (Å²) >= 11 is 6.35. The smallest absolute Gasteiger partial charge is 0.254 e. The van der Waals surface area contributed by atoms with Crippen molar-refractivity contribution in [2.24, 2.45) is 0 Å². The number of halogens is 1. The Bertz CT molecular complexity index is 1280. The quantitative estimate of drug-likeness (QED) is 0.407. The van der Waals surface area contributed by atoms with Crippen LogP contribution < -0.4 is 26.0 Å². The van der Waals surface area contributed by atoms with Gasteiger partial charge in [0.05, 0.1) is 24.7 Å². The normalized spacial score (nSPS) is 13.9. The van der Waals surface area contributed by atoms with Gasteiger partial charge in [-0.05, 0) is 43.7 Å². The average Bonchev–Trinajstić information content (AvgIpc) is 2.86. The second-order valence-corrected chi connectivity index (χ2v) is 12.1. The van der Waals surface area contributed by atoms with Crippen molar-refractivity contribution in [1.29, 1.82) is 0 Å². The number of hydrogen-bond donors (Lipinski definition) is 3. The summed E-state index contributed by atoms with van der Waals surface area (Å²) in [5.41, 5.74) is 1.82. The van der Waals surface area contributed by atoms with E-state index >= 15 is 0 Å². The van der Waals surface area contributed by atoms with Gasteiger partial charge in [0, 0.05) is 37.0 Å². The molecule has 0 aliphatic carbocycles. The van der Waals surface area contributed by atoms with Crippen molar-refractivity contribution in [3.8, 4) is 5.75 Å². The number of anilines is 4. The molecule has 35 heavy (non-hydrogen) atoms. The number of para-hydroxylation sites is 1. The van der Waals surface area contributed by atoms with Crippen molar-refractivity contribution in [1.82, 2.24) is 20.2 Å². The van der Waals surface area contributed by atoms with Crippen LogP contribution in [0.25, 0.3) is 0 Å². The fourth-order valence-electron chi connectivity index (χ4n) is 3.79. The van der Waals surface area contributed by atoms with Crippen LogP contribution in [0.5, 0.6) is 5.75 Å². The monoisotopic (exact) mass is 514 g/mol. The van der Waals surface area contributed by atoms with Crippen LogP contribution in [0.3, 0.4) is 0 Å². The Balaban J connectivity index is 1.57. The van der Waals surface area contributed by atoms with Crippen LogP contribution in [-0.4, -0.2) is 67.4 Å². The average molecular weight is 515 g/mol. The van der Waals surface area contributed by atoms with E-state index in [1.165, 1.54) is 6.20 Å². The van der Waals surface area contributed by atoms with Crippen molar-refractivity contribution >= 4 is 53.1 Å². The molecule has 4 rings (SSSR count). The number of aromatic nitrogens is 2. The number of nitrogens with zero attached hydrogens (tertiary/aromatic N) is 3. The van der Waals surface area contributed by atoms with E-state index in [-0.39, 0.29) is 11.9 Å². The molecule has 1 aromatic heterocycles. The van der Waals surface area contributed by atoms with Gasteiger partial charge in [0.1, 0.15) is 17.9 Å². The maximum atomic E-state index is 12.8. The standard InChI is InChI=1S/C24H28ClN6O3P/c1-34-20-14-16(23(32)31-12-10-26-11-13-31)8-9-18(20)29-24-27-15-17(25)22(30-24)28-19-6-4-5-7-21(19)35(2,3)33/h4-9,14-15,26H,10-13H2,1-3H3,(H2,27,28,29,30). The Morgan fingerprint density at radius 1 is 1.11 bits per heavy atom. The highest BCUT2D eigenvalue weighted by Gasteiger charge is 2.20. The minimum absolute atomic E-state index is 0.0339. The molecule has 0 spiro atoms. The number of piperazine rings is 1. The number of rotatable bonds is 7. The van der Waals surface area contributed by atoms with Crippen molar-refractivity contribution in [3.63, 3.8) is 0 Å². The number of carbonyl (C=O) groups excluding carboxylic acids is 1. The Labute approximate surface area is 209 Å². The van der Waals surface area contributed by atoms with Gasteiger partial charge < -0.3 is 30.2 Å². The number of benzene rings is 2. The zero-order chi connectivity index (χ0) is 25.0. The van der Waals surface area contributed by atoms with Gasteiger partial charge >= 0.3 is 0 Å². The van der Waals surface area contributed by atoms with Crippen molar-refractivity contribution < 1.29 is 14.1 Å². The maximum absolute atomic E-state index is 12.8. The third kappa shape index (κ3) is 5.93. The molecular formula is C24H28ClN6O3P. The zero-order valence-corrected chi connectivity index (χ0v) is 21.5. The molecule has 1 fully saturated rings. The Morgan fingerprint density at radius 2 is 1.86 bits per heavy atom. The van der Waals surface area contributed by atoms with Crippen molar-refractivity contribution in [2.45, 2.75) is 0 Å². The lowest BCUT2D eigenvalue weighted by molar-refractivity contribution is 0.0735. The van der Waals surface area contributed by atoms with Gasteiger partial charge in [-0.2, -0.15) is 4.98 Å². The van der Waals surface area contributed by atoms with Crippen LogP contribution in [0.15, 0.2) is 48.7 Å². The molecule has 1 saturated heterocycles. The van der Waals surface area contributed by atoms with E-state index in [0.717, 1.165) is 13.1 Å². The molecule has 1 aliphatic rings. The summed E-state index contributed by atoms with van der Waals surface area (Å²) in [6.45, 7) is 6.33. The fraction of sp³-hybridized carbons (Fsp3) is 0.292. The molecule has 2 aromatic carbocycles. The second-order valence-electron chi connectivity index (χ2n) is 8.47. The van der Waals surface area contributed by atoms with Gasteiger partial charge in [-0.15, -0.1) is 0 Å². The van der Waals surface area contributed by atoms with Gasteiger partial charge in [-0.25, -0.2) is 4.98 Å². The number of nitrogens with one attached hydrogen (secondary N) is 3. The van der Waals surface area contributed by atoms with Crippen LogP contribution in [0.4, 0.5) is 23.1 Å². The van der Waals surface area contributed by atoms with E-state index in [4.69, 9.17) is 16.3 Å². The van der Waals surface area contributed by atoms with Crippen molar-refractivity contribution in [3.05, 3.63) is 59.2 Å². The lowest BCUT2D eigenvalue weighted by Gasteiger charge is -2.27. The van der Waals surface area contributed by atoms with Gasteiger partial charge in [-0.1, -0.05) is 23.7 Å². The number of methoxy groups -OCH3 is 1. The molecule has 3 aromatic rings. The van der Waals surface area contributed by atoms with Crippen molar-refractivity contribution in [2.75, 3.05) is 57.3 Å². The van der Waals surface area contributed by atoms with E-state index < -0.39 is 7.14 Å². The van der Waals surface area contributed by atoms with E-state index in [9.17, 15) is 9.36 Å². The van der Waals surface area contributed by atoms with Gasteiger partial charge in [0.2, 0.25) is 5.95 Å². The lowest BCUT2D eigenvalue weighted by atomic mass is 10.1. The molecule has 1 aliphatic heterocycles. The molecule has 184 valence electrons. The molecule has 1 amide bonds. The first-order valence-corrected chi connectivity index (χ1v) is 14.1. The SMILES string of the molecule is COc1cc(C(=O)N2CCNCC2)ccc1Nc1ncc(Cl)c(Nc2ccccc2P(C)(C)=O)n1. The molecular weight excluding hydrogens is 487 g/mol. The molecule has 0 bridgehead atoms. The third-order valence-electron chi connectivity index (χ3n) is 5.58. The van der Waals surface area contributed by atoms with E-state index in [1.807, 2.05) is 29.2 Å². The largest absolute Gasteiger partial charge is 0.495 e. The highest BCUT2D eigenvalue weighted by molar-refractivity contribution is 7.70. The lowest BCUT2D eigenvalue weighted by Crippen LogP contribution is -2.46. The predicted molar refractivity (Wildman–Crippen MR) is 141 cm³/mol. The number of hydrogen-bond acceptors (Lipinski definition) is 8. The summed E-state index contributed by atoms with van der Waals surface area (Å²) < 4.78 is 18.2. The Kier molecular flexibility index (Phi) is 7.60. The topological polar surface area (TPSA) is 108 Å². The molecule has 0 unspecified atom stereocenters. The van der Waals surface area contributed by atoms with E-state index in [0.29, 0.717) is 51.9 Å². The minimum atomic E-state index is -2.52. The number of amides is 1. The van der Waals surface area contributed by atoms with Crippen LogP contribution in [0.2, 0.25) is 5.02 Å². The minimum Gasteiger partial charge on any atom is -0.495 e. The molecule has 2 heterocycles. The molecule has 11 heteroatoms. The first kappa shape index (κ1) is 25.0. The van der Waals surface area contributed by atoms with Crippen LogP contribution >= 0.6 is 18.7 Å². The summed E-state index contributed by atoms with van der Waals surface area (Å²) in [4.78, 5) is 23.4. The first-order valence-electron chi connectivity index (χ1n) is 11.2. The molecule has 9 nitrogen and oxygen atoms in total. The molecule has 0 saturated carbocycles. The van der Waals surface area contributed by atoms with E-state index in [2.05, 4.69) is 25.9 Å². The Morgan fingerprint density at radius 3 is 2.57 bits per heavy atom. The third-order valence-corrected chi connectivity index (χ3v) is 7.41. The van der Waals surface area contributed by atoms with E-state index in [1.54, 1.807) is 38.6 Å². The summed E-state index contributed by atoms with van der Waals surface area (Å²) in [5.74, 6) is 1.11. The van der Waals surface area contributed by atoms with Crippen LogP contribution in [-0.2, 0) is 4.57 Å². The van der Waals surface area contributed by atoms with Gasteiger partial charge in [0.15, 0.2) is 5.82 Å². The predicted octanol–water partition coefficient (Wildman–Crippen LogP) is 3.92. The molecule has 0 atom stereocenters. The van der Waals surface area contributed by atoms with Gasteiger partial charge in [-0.3, -0.25) is 4.79 Å². The summed E-state index contributed by atoms with van der Waals surface area (Å²) in [6, 6.07) is 12.6. The first-order chi connectivity index (χ1) is 16.8. The van der Waals surface area contributed by atoms with Crippen LogP contribution in [0, 0.1) is 0 Å². The molecule has 3 N–H and O–H groups in total. The summed E-state index contributed by atoms with van der Waals surface area (Å²) in [5, 5.41) is 10.6. The Hall–Kier alpha value is -3.13. The number of carbonyl (C=O) groups is 1. The molecule has 0 radical (unpaired) electrons. The summed E-state index contributed by atoms with van der Waals surface area (Å²) in [6.07, 6.45) is 1.48. The fourth-order valence-corrected chi connectivity index (χ4v) is 5.08. The highest BCUT2D eigenvalue weighted by atomic mass is 35.5.